The van der Waals surface area contributed by atoms with E-state index in [0.29, 0.717) is 33.8 Å². The molecule has 1 amide bonds. The molecular formula is C19H14N8O. The van der Waals surface area contributed by atoms with Crippen LogP contribution < -0.4 is 5.32 Å². The predicted molar refractivity (Wildman–Crippen MR) is 102 cm³/mol. The number of fused-ring (bicyclic) bond motifs is 1. The zero-order valence-electron chi connectivity index (χ0n) is 14.9. The largest absolute Gasteiger partial charge is 0.307 e. The summed E-state index contributed by atoms with van der Waals surface area (Å²) in [4.78, 5) is 20.4. The number of aromatic nitrogens is 6. The van der Waals surface area contributed by atoms with Crippen LogP contribution in [-0.4, -0.2) is 35.3 Å². The number of hydrogen-bond acceptors (Lipinski definition) is 6. The zero-order valence-corrected chi connectivity index (χ0v) is 14.9. The summed E-state index contributed by atoms with van der Waals surface area (Å²) in [6, 6.07) is 5.57. The topological polar surface area (TPSA) is 114 Å². The second kappa shape index (κ2) is 6.77. The van der Waals surface area contributed by atoms with E-state index in [1.807, 2.05) is 13.2 Å². The number of carbonyl (C=O) groups is 1. The van der Waals surface area contributed by atoms with Crippen LogP contribution in [0.5, 0.6) is 0 Å². The van der Waals surface area contributed by atoms with Crippen molar-refractivity contribution in [1.29, 1.82) is 5.26 Å². The molecule has 9 heteroatoms. The van der Waals surface area contributed by atoms with Gasteiger partial charge in [0, 0.05) is 30.6 Å². The Morgan fingerprint density at radius 3 is 2.71 bits per heavy atom. The number of anilines is 1. The van der Waals surface area contributed by atoms with Gasteiger partial charge < -0.3 is 5.32 Å². The van der Waals surface area contributed by atoms with Gasteiger partial charge in [-0.05, 0) is 18.2 Å². The number of nitrogens with zero attached hydrogens (tertiary/aromatic N) is 7. The van der Waals surface area contributed by atoms with E-state index < -0.39 is 0 Å². The van der Waals surface area contributed by atoms with Crippen molar-refractivity contribution in [3.8, 4) is 28.6 Å². The summed E-state index contributed by atoms with van der Waals surface area (Å²) in [5, 5.41) is 20.5. The maximum atomic E-state index is 11.4. The summed E-state index contributed by atoms with van der Waals surface area (Å²) in [6.45, 7) is 3.41. The maximum Gasteiger partial charge on any atom is 0.248 e. The van der Waals surface area contributed by atoms with Crippen LogP contribution in [0.4, 0.5) is 5.82 Å². The Balaban J connectivity index is 1.86. The van der Waals surface area contributed by atoms with Gasteiger partial charge in [-0.25, -0.2) is 14.5 Å². The smallest absolute Gasteiger partial charge is 0.248 e. The Hall–Kier alpha value is -4.32. The van der Waals surface area contributed by atoms with Crippen molar-refractivity contribution >= 4 is 17.2 Å². The SMILES string of the molecule is C=CC(=O)Nc1ccc(-c2nc(-c3cnn(C)c3)cn3ncc(C#N)c23)cn1. The van der Waals surface area contributed by atoms with Gasteiger partial charge in [-0.2, -0.15) is 15.5 Å². The molecule has 9 nitrogen and oxygen atoms in total. The van der Waals surface area contributed by atoms with Crippen LogP contribution >= 0.6 is 0 Å². The first-order valence-electron chi connectivity index (χ1n) is 8.26. The Morgan fingerprint density at radius 2 is 2.07 bits per heavy atom. The lowest BCUT2D eigenvalue weighted by Crippen LogP contribution is -2.08. The highest BCUT2D eigenvalue weighted by atomic mass is 16.1. The molecule has 0 bridgehead atoms. The van der Waals surface area contributed by atoms with Crippen LogP contribution in [0.3, 0.4) is 0 Å². The summed E-state index contributed by atoms with van der Waals surface area (Å²) in [7, 11) is 1.82. The fourth-order valence-electron chi connectivity index (χ4n) is 2.78. The molecule has 0 unspecified atom stereocenters. The molecule has 0 atom stereocenters. The lowest BCUT2D eigenvalue weighted by atomic mass is 10.1. The maximum absolute atomic E-state index is 11.4. The van der Waals surface area contributed by atoms with Crippen LogP contribution in [-0.2, 0) is 11.8 Å². The molecule has 0 spiro atoms. The van der Waals surface area contributed by atoms with Crippen molar-refractivity contribution in [2.24, 2.45) is 7.05 Å². The highest BCUT2D eigenvalue weighted by Gasteiger charge is 2.16. The average molecular weight is 370 g/mol. The zero-order chi connectivity index (χ0) is 19.7. The fraction of sp³-hybridized carbons (Fsp3) is 0.0526. The van der Waals surface area contributed by atoms with E-state index in [1.54, 1.807) is 39.9 Å². The van der Waals surface area contributed by atoms with Crippen molar-refractivity contribution in [3.05, 3.63) is 61.3 Å². The van der Waals surface area contributed by atoms with Crippen molar-refractivity contribution < 1.29 is 4.79 Å². The number of hydrogen-bond donors (Lipinski definition) is 1. The van der Waals surface area contributed by atoms with Crippen LogP contribution in [0.25, 0.3) is 28.0 Å². The predicted octanol–water partition coefficient (Wildman–Crippen LogP) is 2.19. The van der Waals surface area contributed by atoms with Crippen LogP contribution in [0.15, 0.2) is 55.8 Å². The summed E-state index contributed by atoms with van der Waals surface area (Å²) in [6.07, 6.45) is 9.56. The lowest BCUT2D eigenvalue weighted by molar-refractivity contribution is -0.111. The third-order valence-corrected chi connectivity index (χ3v) is 4.09. The molecule has 136 valence electrons. The molecule has 4 rings (SSSR count). The minimum Gasteiger partial charge on any atom is -0.307 e. The van der Waals surface area contributed by atoms with Crippen LogP contribution in [0.1, 0.15) is 5.56 Å². The highest BCUT2D eigenvalue weighted by Crippen LogP contribution is 2.28. The Labute approximate surface area is 159 Å². The molecule has 4 aromatic rings. The quantitative estimate of drug-likeness (QED) is 0.551. The number of nitrogens with one attached hydrogen (secondary N) is 1. The first kappa shape index (κ1) is 17.1. The summed E-state index contributed by atoms with van der Waals surface area (Å²) in [5.74, 6) is 0.0454. The Morgan fingerprint density at radius 1 is 1.21 bits per heavy atom. The molecule has 0 saturated heterocycles. The minimum absolute atomic E-state index is 0.345. The molecule has 0 aromatic carbocycles. The van der Waals surface area contributed by atoms with Crippen molar-refractivity contribution in [3.63, 3.8) is 0 Å². The summed E-state index contributed by atoms with van der Waals surface area (Å²) >= 11 is 0. The standard InChI is InChI=1S/C19H14N8O/c1-3-17(28)25-16-5-4-12(7-21-16)18-19-13(6-20)8-23-27(19)11-15(24-18)14-9-22-26(2)10-14/h3-5,7-11H,1H2,2H3,(H,21,25,28). The van der Waals surface area contributed by atoms with E-state index in [-0.39, 0.29) is 5.91 Å². The number of rotatable bonds is 4. The van der Waals surface area contributed by atoms with Crippen LogP contribution in [0, 0.1) is 11.3 Å². The van der Waals surface area contributed by atoms with E-state index in [4.69, 9.17) is 4.98 Å². The lowest BCUT2D eigenvalue weighted by Gasteiger charge is -2.08. The third-order valence-electron chi connectivity index (χ3n) is 4.09. The van der Waals surface area contributed by atoms with Gasteiger partial charge in [-0.1, -0.05) is 6.58 Å². The van der Waals surface area contributed by atoms with E-state index in [9.17, 15) is 10.1 Å². The Kier molecular flexibility index (Phi) is 4.14. The molecule has 28 heavy (non-hydrogen) atoms. The second-order valence-corrected chi connectivity index (χ2v) is 5.97. The van der Waals surface area contributed by atoms with E-state index in [1.165, 1.54) is 12.3 Å². The summed E-state index contributed by atoms with van der Waals surface area (Å²) < 4.78 is 3.31. The number of nitriles is 1. The molecule has 1 N–H and O–H groups in total. The van der Waals surface area contributed by atoms with E-state index in [2.05, 4.69) is 33.1 Å². The van der Waals surface area contributed by atoms with E-state index >= 15 is 0 Å². The van der Waals surface area contributed by atoms with Gasteiger partial charge >= 0.3 is 0 Å². The fourth-order valence-corrected chi connectivity index (χ4v) is 2.78. The monoisotopic (exact) mass is 370 g/mol. The normalized spacial score (nSPS) is 10.6. The summed E-state index contributed by atoms with van der Waals surface area (Å²) in [5.41, 5.74) is 3.72. The van der Waals surface area contributed by atoms with Gasteiger partial charge in [0.2, 0.25) is 5.91 Å². The molecule has 0 fully saturated rings. The first-order chi connectivity index (χ1) is 13.6. The minimum atomic E-state index is -0.345. The molecular weight excluding hydrogens is 356 g/mol. The average Bonchev–Trinajstić information content (AvgIpc) is 3.33. The molecule has 0 saturated carbocycles. The van der Waals surface area contributed by atoms with Crippen molar-refractivity contribution in [2.75, 3.05) is 5.32 Å². The van der Waals surface area contributed by atoms with Crippen molar-refractivity contribution in [1.82, 2.24) is 29.4 Å². The Bertz CT molecular complexity index is 1240. The van der Waals surface area contributed by atoms with Gasteiger partial charge in [0.05, 0.1) is 30.0 Å². The number of aryl methyl sites for hydroxylation is 1. The van der Waals surface area contributed by atoms with Gasteiger partial charge in [0.1, 0.15) is 23.0 Å². The number of amides is 1. The highest BCUT2D eigenvalue weighted by molar-refractivity contribution is 5.98. The van der Waals surface area contributed by atoms with E-state index in [0.717, 1.165) is 5.56 Å². The second-order valence-electron chi connectivity index (χ2n) is 5.97. The molecule has 0 aliphatic carbocycles. The first-order valence-corrected chi connectivity index (χ1v) is 8.26. The van der Waals surface area contributed by atoms with Gasteiger partial charge in [0.25, 0.3) is 0 Å². The van der Waals surface area contributed by atoms with Gasteiger partial charge in [-0.15, -0.1) is 0 Å². The van der Waals surface area contributed by atoms with Crippen molar-refractivity contribution in [2.45, 2.75) is 0 Å². The number of pyridine rings is 1. The molecule has 4 aromatic heterocycles. The molecule has 0 aliphatic rings. The molecule has 4 heterocycles. The molecule has 0 radical (unpaired) electrons. The van der Waals surface area contributed by atoms with Gasteiger partial charge in [0.15, 0.2) is 0 Å². The van der Waals surface area contributed by atoms with Gasteiger partial charge in [-0.3, -0.25) is 9.48 Å². The third kappa shape index (κ3) is 2.99. The molecule has 0 aliphatic heterocycles. The van der Waals surface area contributed by atoms with Crippen LogP contribution in [0.2, 0.25) is 0 Å². The number of carbonyl (C=O) groups excluding carboxylic acids is 1.